The van der Waals surface area contributed by atoms with E-state index in [2.05, 4.69) is 25.6 Å². The van der Waals surface area contributed by atoms with Crippen molar-refractivity contribution in [2.45, 2.75) is 5.60 Å². The van der Waals surface area contributed by atoms with Gasteiger partial charge in [0, 0.05) is 4.91 Å². The quantitative estimate of drug-likeness (QED) is 0.123. The molecule has 0 aliphatic rings. The van der Waals surface area contributed by atoms with Gasteiger partial charge in [0.05, 0.1) is 10.9 Å². The van der Waals surface area contributed by atoms with Crippen molar-refractivity contribution in [3.05, 3.63) is 36.9 Å². The smallest absolute Gasteiger partial charge is 0.506 e. The molecule has 0 aromatic carbocycles. The number of nitrogens with zero attached hydrogens (tertiary/aromatic N) is 4. The minimum atomic E-state index is -1.93. The molecule has 6 radical (unpaired) electrons. The van der Waals surface area contributed by atoms with Crippen LogP contribution in [0, 0.1) is 20.8 Å². The standard InChI is InChI=1S/C4H3N4O2.Na/c1-4(2,3)9-8-10-7-6-5;/h1-3H;/q-1;+1. The molecule has 0 amide bonds. The summed E-state index contributed by atoms with van der Waals surface area (Å²) in [6.07, 6.45) is 0. The van der Waals surface area contributed by atoms with E-state index in [9.17, 15) is 0 Å². The number of hydrogen-bond donors (Lipinski definition) is 0. The van der Waals surface area contributed by atoms with Crippen LogP contribution in [0.25, 0.3) is 16.1 Å². The van der Waals surface area contributed by atoms with Crippen molar-refractivity contribution in [2.75, 3.05) is 0 Å². The number of rotatable bonds is 4. The van der Waals surface area contributed by atoms with Gasteiger partial charge in [-0.25, -0.2) is 0 Å². The number of hydrogen-bond acceptors (Lipinski definition) is 3. The van der Waals surface area contributed by atoms with Gasteiger partial charge >= 0.3 is 29.6 Å². The van der Waals surface area contributed by atoms with Crippen LogP contribution >= 0.6 is 0 Å². The topological polar surface area (TPSA) is 81.3 Å². The van der Waals surface area contributed by atoms with Crippen LogP contribution in [-0.4, -0.2) is 5.60 Å². The molecule has 7 heteroatoms. The van der Waals surface area contributed by atoms with E-state index in [0.717, 1.165) is 0 Å². The van der Waals surface area contributed by atoms with Crippen LogP contribution in [0.5, 0.6) is 0 Å². The summed E-state index contributed by atoms with van der Waals surface area (Å²) in [5, 5.41) is 2.50. The van der Waals surface area contributed by atoms with Gasteiger partial charge in [0.2, 0.25) is 0 Å². The van der Waals surface area contributed by atoms with Crippen LogP contribution in [0.15, 0.2) is 5.28 Å². The molecule has 6 nitrogen and oxygen atoms in total. The van der Waals surface area contributed by atoms with Crippen molar-refractivity contribution in [1.82, 2.24) is 0 Å². The summed E-state index contributed by atoms with van der Waals surface area (Å²) in [7, 11) is 0. The average molecular weight is 162 g/mol. The van der Waals surface area contributed by atoms with Crippen molar-refractivity contribution in [1.29, 1.82) is 0 Å². The molecule has 0 saturated carbocycles. The maximum atomic E-state index is 7.62. The zero-order valence-electron chi connectivity index (χ0n) is 5.84. The summed E-state index contributed by atoms with van der Waals surface area (Å²) in [5.41, 5.74) is 8.33. The predicted octanol–water partition coefficient (Wildman–Crippen LogP) is -1.68. The molecule has 0 heterocycles. The Kier molecular flexibility index (Phi) is 8.32. The van der Waals surface area contributed by atoms with E-state index in [1.165, 1.54) is 0 Å². The molecule has 52 valence electrons. The Bertz CT molecular complexity index is 140. The molecule has 0 fully saturated rings. The van der Waals surface area contributed by atoms with Crippen LogP contribution in [0.1, 0.15) is 0 Å². The zero-order valence-corrected chi connectivity index (χ0v) is 7.84. The van der Waals surface area contributed by atoms with Crippen LogP contribution in [0.2, 0.25) is 0 Å². The molecule has 0 aromatic rings. The Morgan fingerprint density at radius 3 is 2.36 bits per heavy atom. The molecule has 0 unspecified atom stereocenters. The minimum Gasteiger partial charge on any atom is -0.506 e. The Balaban J connectivity index is 0. The third kappa shape index (κ3) is 13.1. The predicted molar refractivity (Wildman–Crippen MR) is 30.3 cm³/mol. The fourth-order valence-electron chi connectivity index (χ4n) is 0.112. The fraction of sp³-hybridized carbons (Fsp3) is 0.250. The van der Waals surface area contributed by atoms with Crippen LogP contribution in [0.3, 0.4) is 0 Å². The Morgan fingerprint density at radius 1 is 1.45 bits per heavy atom. The summed E-state index contributed by atoms with van der Waals surface area (Å²) in [4.78, 5) is 9.89. The fourth-order valence-corrected chi connectivity index (χ4v) is 0.112. The van der Waals surface area contributed by atoms with Crippen molar-refractivity contribution in [3.8, 4) is 0 Å². The van der Waals surface area contributed by atoms with Gasteiger partial charge in [-0.3, -0.25) is 0 Å². The van der Waals surface area contributed by atoms with Gasteiger partial charge in [0.15, 0.2) is 0 Å². The summed E-state index contributed by atoms with van der Waals surface area (Å²) in [5.74, 6) is 0. The molecule has 0 spiro atoms. The van der Waals surface area contributed by atoms with Crippen LogP contribution < -0.4 is 29.6 Å². The van der Waals surface area contributed by atoms with E-state index in [1.54, 1.807) is 0 Å². The van der Waals surface area contributed by atoms with Gasteiger partial charge in [-0.15, -0.1) is 0 Å². The summed E-state index contributed by atoms with van der Waals surface area (Å²) in [6.45, 7) is 14.5. The van der Waals surface area contributed by atoms with Gasteiger partial charge in [-0.05, 0) is 26.3 Å². The molecule has 0 aliphatic carbocycles. The molecule has 0 rings (SSSR count). The Morgan fingerprint density at radius 2 is 2.00 bits per heavy atom. The third-order valence-electron chi connectivity index (χ3n) is 0.302. The summed E-state index contributed by atoms with van der Waals surface area (Å²) < 4.78 is 0. The average Bonchev–Trinajstić information content (AvgIpc) is 1.78. The third-order valence-corrected chi connectivity index (χ3v) is 0.302. The maximum absolute atomic E-state index is 7.62. The summed E-state index contributed by atoms with van der Waals surface area (Å²) in [6, 6.07) is 0. The van der Waals surface area contributed by atoms with Gasteiger partial charge in [-0.1, -0.05) is 0 Å². The van der Waals surface area contributed by atoms with Gasteiger partial charge < -0.3 is 15.4 Å². The molecular weight excluding hydrogens is 159 g/mol. The summed E-state index contributed by atoms with van der Waals surface area (Å²) >= 11 is 0. The monoisotopic (exact) mass is 162 g/mol. The first-order chi connectivity index (χ1) is 4.56. The van der Waals surface area contributed by atoms with E-state index in [1.807, 2.05) is 0 Å². The van der Waals surface area contributed by atoms with Gasteiger partial charge in [0.25, 0.3) is 0 Å². The first kappa shape index (κ1) is 13.6. The second kappa shape index (κ2) is 6.72. The van der Waals surface area contributed by atoms with E-state index >= 15 is 0 Å². The van der Waals surface area contributed by atoms with Crippen molar-refractivity contribution in [3.63, 3.8) is 0 Å². The minimum absolute atomic E-state index is 0. The van der Waals surface area contributed by atoms with Crippen LogP contribution in [0.4, 0.5) is 0 Å². The molecule has 0 bridgehead atoms. The molecular formula is C4H3N4NaO2. The Labute approximate surface area is 87.0 Å². The van der Waals surface area contributed by atoms with E-state index in [-0.39, 0.29) is 29.6 Å². The molecule has 0 aromatic heterocycles. The normalized spacial score (nSPS) is 9.36. The van der Waals surface area contributed by atoms with E-state index in [4.69, 9.17) is 26.3 Å². The first-order valence-electron chi connectivity index (χ1n) is 2.02. The molecule has 0 atom stereocenters. The molecule has 0 N–H and O–H groups in total. The molecule has 0 saturated heterocycles. The van der Waals surface area contributed by atoms with Crippen molar-refractivity contribution >= 4 is 0 Å². The number of azide groups is 1. The molecule has 11 heavy (non-hydrogen) atoms. The van der Waals surface area contributed by atoms with Crippen molar-refractivity contribution in [2.24, 2.45) is 5.28 Å². The second-order valence-electron chi connectivity index (χ2n) is 1.27. The van der Waals surface area contributed by atoms with E-state index in [0.29, 0.717) is 0 Å². The first-order valence-corrected chi connectivity index (χ1v) is 2.02. The van der Waals surface area contributed by atoms with Crippen molar-refractivity contribution < 1.29 is 39.3 Å². The molecule has 0 aliphatic heterocycles. The largest absolute Gasteiger partial charge is 1.00 e. The van der Waals surface area contributed by atoms with Gasteiger partial charge in [-0.2, -0.15) is 0 Å². The maximum Gasteiger partial charge on any atom is 1.00 e. The SMILES string of the molecule is [CH]C([CH])([CH])O[N-]ON=[N+]=[N-].[Na+]. The van der Waals surface area contributed by atoms with Crippen LogP contribution in [-0.2, 0) is 9.78 Å². The second-order valence-corrected chi connectivity index (χ2v) is 1.27. The zero-order chi connectivity index (χ0) is 8.04. The Hall–Kier alpha value is 0.0300. The van der Waals surface area contributed by atoms with E-state index < -0.39 is 5.60 Å². The van der Waals surface area contributed by atoms with Gasteiger partial charge in [0.1, 0.15) is 0 Å².